The number of benzene rings is 1. The molecule has 1 aromatic rings. The molecule has 0 aromatic heterocycles. The number of nitrogens with one attached hydrogen (secondary N) is 1. The topological polar surface area (TPSA) is 58.6 Å². The number of carbonyl (C=O) groups excluding carboxylic acids is 1. The van der Waals surface area contributed by atoms with Crippen molar-refractivity contribution in [3.63, 3.8) is 0 Å². The van der Waals surface area contributed by atoms with Crippen LogP contribution in [0.2, 0.25) is 0 Å². The van der Waals surface area contributed by atoms with E-state index >= 15 is 0 Å². The van der Waals surface area contributed by atoms with Crippen molar-refractivity contribution in [3.05, 3.63) is 28.7 Å². The lowest BCUT2D eigenvalue weighted by molar-refractivity contribution is -0.123. The number of carbonyl (C=O) groups is 1. The van der Waals surface area contributed by atoms with Crippen LogP contribution in [0.1, 0.15) is 0 Å². The summed E-state index contributed by atoms with van der Waals surface area (Å²) in [6.07, 6.45) is 0. The molecular weight excluding hydrogens is 262 g/mol. The Morgan fingerprint density at radius 1 is 1.53 bits per heavy atom. The van der Waals surface area contributed by atoms with Crippen molar-refractivity contribution in [2.45, 2.75) is 0 Å². The van der Waals surface area contributed by atoms with Crippen molar-refractivity contribution in [1.82, 2.24) is 5.32 Å². The van der Waals surface area contributed by atoms with Crippen LogP contribution in [0, 0.1) is 0 Å². The van der Waals surface area contributed by atoms with E-state index < -0.39 is 0 Å². The van der Waals surface area contributed by atoms with E-state index in [-0.39, 0.29) is 25.7 Å². The fraction of sp³-hybridized carbons (Fsp3) is 0.300. The van der Waals surface area contributed by atoms with Gasteiger partial charge in [-0.05, 0) is 18.2 Å². The van der Waals surface area contributed by atoms with Gasteiger partial charge in [-0.3, -0.25) is 4.79 Å². The molecule has 0 radical (unpaired) electrons. The van der Waals surface area contributed by atoms with Crippen LogP contribution < -0.4 is 10.1 Å². The van der Waals surface area contributed by atoms with E-state index in [2.05, 4.69) is 21.2 Å². The zero-order valence-corrected chi connectivity index (χ0v) is 9.66. The fourth-order valence-electron chi connectivity index (χ4n) is 0.952. The number of halogens is 1. The molecule has 1 amide bonds. The SMILES string of the molecule is O=C(COc1cccc(Br)c1)NCCO. The van der Waals surface area contributed by atoms with Crippen molar-refractivity contribution < 1.29 is 14.6 Å². The second-order valence-corrected chi connectivity index (χ2v) is 3.74. The lowest BCUT2D eigenvalue weighted by Gasteiger charge is -2.06. The van der Waals surface area contributed by atoms with Crippen LogP contribution in [0.25, 0.3) is 0 Å². The van der Waals surface area contributed by atoms with Crippen molar-refractivity contribution in [2.24, 2.45) is 0 Å². The van der Waals surface area contributed by atoms with E-state index in [9.17, 15) is 4.79 Å². The van der Waals surface area contributed by atoms with Gasteiger partial charge < -0.3 is 15.2 Å². The van der Waals surface area contributed by atoms with E-state index in [0.717, 1.165) is 4.47 Å². The Hall–Kier alpha value is -1.07. The minimum Gasteiger partial charge on any atom is -0.484 e. The summed E-state index contributed by atoms with van der Waals surface area (Å²) in [5.74, 6) is 0.382. The molecule has 0 saturated carbocycles. The van der Waals surface area contributed by atoms with Gasteiger partial charge in [0.05, 0.1) is 6.61 Å². The molecule has 1 aromatic carbocycles. The summed E-state index contributed by atoms with van der Waals surface area (Å²) in [7, 11) is 0. The van der Waals surface area contributed by atoms with Crippen LogP contribution in [-0.4, -0.2) is 30.8 Å². The van der Waals surface area contributed by atoms with Crippen molar-refractivity contribution >= 4 is 21.8 Å². The van der Waals surface area contributed by atoms with Gasteiger partial charge in [-0.15, -0.1) is 0 Å². The highest BCUT2D eigenvalue weighted by Crippen LogP contribution is 2.17. The average molecular weight is 274 g/mol. The molecule has 5 heteroatoms. The van der Waals surface area contributed by atoms with Gasteiger partial charge in [-0.1, -0.05) is 22.0 Å². The lowest BCUT2D eigenvalue weighted by Crippen LogP contribution is -2.31. The summed E-state index contributed by atoms with van der Waals surface area (Å²) in [6.45, 7) is 0.139. The summed E-state index contributed by atoms with van der Waals surface area (Å²) in [5.41, 5.74) is 0. The predicted octanol–water partition coefficient (Wildman–Crippen LogP) is 0.936. The Morgan fingerprint density at radius 3 is 3.00 bits per heavy atom. The molecule has 0 saturated heterocycles. The first-order valence-electron chi connectivity index (χ1n) is 4.48. The third kappa shape index (κ3) is 4.80. The van der Waals surface area contributed by atoms with Gasteiger partial charge >= 0.3 is 0 Å². The molecule has 0 aliphatic rings. The van der Waals surface area contributed by atoms with Crippen LogP contribution in [0.3, 0.4) is 0 Å². The predicted molar refractivity (Wildman–Crippen MR) is 59.7 cm³/mol. The maximum Gasteiger partial charge on any atom is 0.258 e. The van der Waals surface area contributed by atoms with Crippen molar-refractivity contribution in [3.8, 4) is 5.75 Å². The van der Waals surface area contributed by atoms with Crippen molar-refractivity contribution in [1.29, 1.82) is 0 Å². The number of hydrogen-bond acceptors (Lipinski definition) is 3. The number of aliphatic hydroxyl groups excluding tert-OH is 1. The number of amides is 1. The average Bonchev–Trinajstić information content (AvgIpc) is 2.23. The van der Waals surface area contributed by atoms with Crippen LogP contribution in [0.15, 0.2) is 28.7 Å². The van der Waals surface area contributed by atoms with Gasteiger partial charge in [-0.2, -0.15) is 0 Å². The fourth-order valence-corrected chi connectivity index (χ4v) is 1.33. The smallest absolute Gasteiger partial charge is 0.258 e. The van der Waals surface area contributed by atoms with Gasteiger partial charge in [0.15, 0.2) is 6.61 Å². The molecule has 0 unspecified atom stereocenters. The molecule has 0 atom stereocenters. The maximum atomic E-state index is 11.1. The number of ether oxygens (including phenoxy) is 1. The van der Waals surface area contributed by atoms with Crippen LogP contribution in [0.5, 0.6) is 5.75 Å². The molecule has 0 aliphatic carbocycles. The van der Waals surface area contributed by atoms with E-state index in [1.807, 2.05) is 12.1 Å². The van der Waals surface area contributed by atoms with E-state index in [4.69, 9.17) is 9.84 Å². The van der Waals surface area contributed by atoms with Gasteiger partial charge in [0.2, 0.25) is 0 Å². The van der Waals surface area contributed by atoms with E-state index in [1.165, 1.54) is 0 Å². The second kappa shape index (κ2) is 6.42. The molecular formula is C10H12BrNO3. The minimum absolute atomic E-state index is 0.0452. The molecule has 15 heavy (non-hydrogen) atoms. The number of rotatable bonds is 5. The third-order valence-corrected chi connectivity index (χ3v) is 2.09. The summed E-state index contributed by atoms with van der Waals surface area (Å²) in [4.78, 5) is 11.1. The Kier molecular flexibility index (Phi) is 5.14. The quantitative estimate of drug-likeness (QED) is 0.840. The van der Waals surface area contributed by atoms with Gasteiger partial charge in [0, 0.05) is 11.0 Å². The molecule has 82 valence electrons. The van der Waals surface area contributed by atoms with Gasteiger partial charge in [0.1, 0.15) is 5.75 Å². The minimum atomic E-state index is -0.246. The monoisotopic (exact) mass is 273 g/mol. The maximum absolute atomic E-state index is 11.1. The lowest BCUT2D eigenvalue weighted by atomic mass is 10.3. The molecule has 0 fully saturated rings. The molecule has 0 heterocycles. The van der Waals surface area contributed by atoms with E-state index in [0.29, 0.717) is 5.75 Å². The molecule has 0 aliphatic heterocycles. The van der Waals surface area contributed by atoms with Gasteiger partial charge in [-0.25, -0.2) is 0 Å². The Morgan fingerprint density at radius 2 is 2.33 bits per heavy atom. The number of hydrogen-bond donors (Lipinski definition) is 2. The highest BCUT2D eigenvalue weighted by molar-refractivity contribution is 9.10. The highest BCUT2D eigenvalue weighted by atomic mass is 79.9. The molecule has 4 nitrogen and oxygen atoms in total. The van der Waals surface area contributed by atoms with Crippen LogP contribution in [0.4, 0.5) is 0 Å². The molecule has 0 spiro atoms. The first-order valence-corrected chi connectivity index (χ1v) is 5.27. The third-order valence-electron chi connectivity index (χ3n) is 1.60. The Labute approximate surface area is 96.4 Å². The number of aliphatic hydroxyl groups is 1. The van der Waals surface area contributed by atoms with Gasteiger partial charge in [0.25, 0.3) is 5.91 Å². The molecule has 0 bridgehead atoms. The largest absolute Gasteiger partial charge is 0.484 e. The summed E-state index contributed by atoms with van der Waals surface area (Å²) in [5, 5.41) is 11.0. The van der Waals surface area contributed by atoms with Crippen molar-refractivity contribution in [2.75, 3.05) is 19.8 Å². The molecule has 2 N–H and O–H groups in total. The molecule has 1 rings (SSSR count). The zero-order valence-electron chi connectivity index (χ0n) is 8.07. The zero-order chi connectivity index (χ0) is 11.1. The normalized spacial score (nSPS) is 9.73. The standard InChI is InChI=1S/C10H12BrNO3/c11-8-2-1-3-9(6-8)15-7-10(14)12-4-5-13/h1-3,6,13H,4-5,7H2,(H,12,14). The van der Waals surface area contributed by atoms with E-state index in [1.54, 1.807) is 12.1 Å². The Bertz CT molecular complexity index is 330. The van der Waals surface area contributed by atoms with Crippen LogP contribution in [-0.2, 0) is 4.79 Å². The van der Waals surface area contributed by atoms with Crippen LogP contribution >= 0.6 is 15.9 Å². The summed E-state index contributed by atoms with van der Waals surface area (Å²) in [6, 6.07) is 7.24. The highest BCUT2D eigenvalue weighted by Gasteiger charge is 2.01. The first-order chi connectivity index (χ1) is 7.22. The summed E-state index contributed by atoms with van der Waals surface area (Å²) >= 11 is 3.30. The Balaban J connectivity index is 2.33. The second-order valence-electron chi connectivity index (χ2n) is 2.82. The first kappa shape index (κ1) is 12.0. The summed E-state index contributed by atoms with van der Waals surface area (Å²) < 4.78 is 6.12.